The number of carbonyl (C=O) groups excluding carboxylic acids is 3. The molecule has 0 radical (unpaired) electrons. The Labute approximate surface area is 158 Å². The molecule has 4 fully saturated rings. The van der Waals surface area contributed by atoms with Crippen molar-refractivity contribution >= 4 is 29.5 Å². The van der Waals surface area contributed by atoms with E-state index in [4.69, 9.17) is 0 Å². The van der Waals surface area contributed by atoms with Crippen LogP contribution < -0.4 is 10.6 Å². The van der Waals surface area contributed by atoms with E-state index in [1.54, 1.807) is 21.6 Å². The molecule has 3 unspecified atom stereocenters. The fourth-order valence-corrected chi connectivity index (χ4v) is 5.62. The van der Waals surface area contributed by atoms with Crippen LogP contribution in [0.15, 0.2) is 0 Å². The van der Waals surface area contributed by atoms with E-state index in [-0.39, 0.29) is 29.8 Å². The summed E-state index contributed by atoms with van der Waals surface area (Å²) in [7, 11) is 0. The Balaban J connectivity index is 1.38. The summed E-state index contributed by atoms with van der Waals surface area (Å²) in [5, 5.41) is 6.14. The second kappa shape index (κ2) is 7.76. The molecule has 1 saturated carbocycles. The van der Waals surface area contributed by atoms with Gasteiger partial charge in [-0.3, -0.25) is 19.7 Å². The Morgan fingerprint density at radius 2 is 1.96 bits per heavy atom. The zero-order valence-corrected chi connectivity index (χ0v) is 15.9. The molecule has 0 bridgehead atoms. The molecule has 0 spiro atoms. The maximum atomic E-state index is 12.9. The van der Waals surface area contributed by atoms with Crippen LogP contribution in [0.4, 0.5) is 0 Å². The first kappa shape index (κ1) is 18.1. The van der Waals surface area contributed by atoms with E-state index in [1.807, 2.05) is 0 Å². The van der Waals surface area contributed by atoms with Gasteiger partial charge in [-0.1, -0.05) is 32.1 Å². The minimum absolute atomic E-state index is 0.0434. The lowest BCUT2D eigenvalue weighted by molar-refractivity contribution is -0.156. The standard InChI is InChI=1S/C18H28N4O3S/c23-16-15-9-21(17(24)14-10-26-11-19-14)6-7-22(15)18(25)13(20-16)8-12-4-2-1-3-5-12/h12-15,19H,1-11H2,(H,20,23). The van der Waals surface area contributed by atoms with Crippen LogP contribution in [-0.4, -0.2) is 76.9 Å². The first-order chi connectivity index (χ1) is 12.6. The smallest absolute Gasteiger partial charge is 0.245 e. The first-order valence-corrected chi connectivity index (χ1v) is 11.0. The molecule has 4 rings (SSSR count). The Hall–Kier alpha value is -1.28. The summed E-state index contributed by atoms with van der Waals surface area (Å²) >= 11 is 1.71. The molecule has 4 aliphatic rings. The third-order valence-electron chi connectivity index (χ3n) is 6.20. The third kappa shape index (κ3) is 3.58. The molecule has 0 aromatic carbocycles. The van der Waals surface area contributed by atoms with E-state index in [1.165, 1.54) is 19.3 Å². The average molecular weight is 381 g/mol. The summed E-state index contributed by atoms with van der Waals surface area (Å²) in [5.41, 5.74) is 0. The predicted molar refractivity (Wildman–Crippen MR) is 99.5 cm³/mol. The third-order valence-corrected chi connectivity index (χ3v) is 7.14. The van der Waals surface area contributed by atoms with Crippen molar-refractivity contribution in [3.05, 3.63) is 0 Å². The van der Waals surface area contributed by atoms with Gasteiger partial charge in [0.05, 0.1) is 12.6 Å². The average Bonchev–Trinajstić information content (AvgIpc) is 3.20. The summed E-state index contributed by atoms with van der Waals surface area (Å²) in [6, 6.07) is -1.07. The molecule has 3 amide bonds. The van der Waals surface area contributed by atoms with E-state index >= 15 is 0 Å². The minimum atomic E-state index is -0.531. The van der Waals surface area contributed by atoms with Gasteiger partial charge in [0.25, 0.3) is 0 Å². The highest BCUT2D eigenvalue weighted by Gasteiger charge is 2.45. The molecule has 3 heterocycles. The van der Waals surface area contributed by atoms with Gasteiger partial charge in [-0.15, -0.1) is 11.8 Å². The van der Waals surface area contributed by atoms with Crippen LogP contribution in [-0.2, 0) is 14.4 Å². The summed E-state index contributed by atoms with van der Waals surface area (Å²) in [4.78, 5) is 41.6. The van der Waals surface area contributed by atoms with Crippen molar-refractivity contribution in [1.82, 2.24) is 20.4 Å². The number of thioether (sulfide) groups is 1. The maximum absolute atomic E-state index is 12.9. The molecule has 3 saturated heterocycles. The zero-order valence-electron chi connectivity index (χ0n) is 15.1. The predicted octanol–water partition coefficient (Wildman–Crippen LogP) is 0.157. The largest absolute Gasteiger partial charge is 0.342 e. The topological polar surface area (TPSA) is 81.8 Å². The number of nitrogens with zero attached hydrogens (tertiary/aromatic N) is 2. The van der Waals surface area contributed by atoms with Crippen molar-refractivity contribution in [1.29, 1.82) is 0 Å². The monoisotopic (exact) mass is 380 g/mol. The van der Waals surface area contributed by atoms with Crippen LogP contribution in [0.1, 0.15) is 38.5 Å². The summed E-state index contributed by atoms with van der Waals surface area (Å²) < 4.78 is 0. The molecule has 3 atom stereocenters. The number of nitrogens with one attached hydrogen (secondary N) is 2. The number of hydrogen-bond acceptors (Lipinski definition) is 5. The van der Waals surface area contributed by atoms with Crippen LogP contribution in [0.25, 0.3) is 0 Å². The number of rotatable bonds is 3. The number of carbonyl (C=O) groups is 3. The highest BCUT2D eigenvalue weighted by atomic mass is 32.2. The van der Waals surface area contributed by atoms with Gasteiger partial charge in [0.2, 0.25) is 17.7 Å². The van der Waals surface area contributed by atoms with Crippen LogP contribution in [0.2, 0.25) is 0 Å². The van der Waals surface area contributed by atoms with Crippen LogP contribution >= 0.6 is 11.8 Å². The highest BCUT2D eigenvalue weighted by Crippen LogP contribution is 2.29. The molecule has 26 heavy (non-hydrogen) atoms. The van der Waals surface area contributed by atoms with Gasteiger partial charge >= 0.3 is 0 Å². The van der Waals surface area contributed by atoms with Crippen LogP contribution in [0, 0.1) is 5.92 Å². The highest BCUT2D eigenvalue weighted by molar-refractivity contribution is 7.99. The van der Waals surface area contributed by atoms with Crippen molar-refractivity contribution in [3.8, 4) is 0 Å². The zero-order chi connectivity index (χ0) is 18.1. The fraction of sp³-hybridized carbons (Fsp3) is 0.833. The maximum Gasteiger partial charge on any atom is 0.245 e. The van der Waals surface area contributed by atoms with Crippen molar-refractivity contribution in [3.63, 3.8) is 0 Å². The summed E-state index contributed by atoms with van der Waals surface area (Å²) in [6.07, 6.45) is 6.84. The first-order valence-electron chi connectivity index (χ1n) is 9.84. The number of fused-ring (bicyclic) bond motifs is 1. The Kier molecular flexibility index (Phi) is 5.40. The normalized spacial score (nSPS) is 33.2. The molecule has 7 nitrogen and oxygen atoms in total. The van der Waals surface area contributed by atoms with Crippen LogP contribution in [0.5, 0.6) is 0 Å². The molecule has 144 valence electrons. The Morgan fingerprint density at radius 1 is 1.15 bits per heavy atom. The lowest BCUT2D eigenvalue weighted by atomic mass is 9.84. The summed E-state index contributed by atoms with van der Waals surface area (Å²) in [6.45, 7) is 1.30. The molecule has 0 aromatic heterocycles. The van der Waals surface area contributed by atoms with Gasteiger partial charge in [0, 0.05) is 24.7 Å². The Morgan fingerprint density at radius 3 is 2.69 bits per heavy atom. The molecule has 3 aliphatic heterocycles. The van der Waals surface area contributed by atoms with Gasteiger partial charge in [-0.25, -0.2) is 0 Å². The van der Waals surface area contributed by atoms with Crippen molar-refractivity contribution < 1.29 is 14.4 Å². The molecular formula is C18H28N4O3S. The van der Waals surface area contributed by atoms with Gasteiger partial charge in [0.15, 0.2) is 0 Å². The van der Waals surface area contributed by atoms with E-state index in [0.29, 0.717) is 25.6 Å². The number of piperazine rings is 2. The van der Waals surface area contributed by atoms with Gasteiger partial charge in [-0.05, 0) is 12.3 Å². The SMILES string of the molecule is O=C1NC(CC2CCCCC2)C(=O)N2CCN(C(=O)C3CSCN3)CC12. The van der Waals surface area contributed by atoms with Crippen molar-refractivity contribution in [2.45, 2.75) is 56.7 Å². The lowest BCUT2D eigenvalue weighted by Crippen LogP contribution is -2.70. The molecule has 1 aliphatic carbocycles. The second-order valence-corrected chi connectivity index (χ2v) is 8.93. The van der Waals surface area contributed by atoms with E-state index in [9.17, 15) is 14.4 Å². The number of amides is 3. The van der Waals surface area contributed by atoms with E-state index < -0.39 is 6.04 Å². The van der Waals surface area contributed by atoms with Crippen molar-refractivity contribution in [2.24, 2.45) is 5.92 Å². The van der Waals surface area contributed by atoms with Crippen molar-refractivity contribution in [2.75, 3.05) is 31.3 Å². The molecular weight excluding hydrogens is 352 g/mol. The van der Waals surface area contributed by atoms with E-state index in [0.717, 1.165) is 30.9 Å². The molecule has 8 heteroatoms. The van der Waals surface area contributed by atoms with Crippen LogP contribution in [0.3, 0.4) is 0 Å². The summed E-state index contributed by atoms with van der Waals surface area (Å²) in [5.74, 6) is 2.11. The number of hydrogen-bond donors (Lipinski definition) is 2. The second-order valence-electron chi connectivity index (χ2n) is 7.90. The van der Waals surface area contributed by atoms with Gasteiger partial charge < -0.3 is 15.1 Å². The van der Waals surface area contributed by atoms with Gasteiger partial charge in [0.1, 0.15) is 12.1 Å². The van der Waals surface area contributed by atoms with E-state index in [2.05, 4.69) is 10.6 Å². The van der Waals surface area contributed by atoms with Gasteiger partial charge in [-0.2, -0.15) is 0 Å². The molecule has 2 N–H and O–H groups in total. The Bertz CT molecular complexity index is 575. The quantitative estimate of drug-likeness (QED) is 0.729. The lowest BCUT2D eigenvalue weighted by Gasteiger charge is -2.46. The fourth-order valence-electron chi connectivity index (χ4n) is 4.69. The minimum Gasteiger partial charge on any atom is -0.342 e. The molecule has 0 aromatic rings.